The normalized spacial score (nSPS) is 18.4. The lowest BCUT2D eigenvalue weighted by atomic mass is 9.97. The van der Waals surface area contributed by atoms with Gasteiger partial charge in [0.25, 0.3) is 0 Å². The summed E-state index contributed by atoms with van der Waals surface area (Å²) < 4.78 is 16.9. The first kappa shape index (κ1) is 31.6. The average Bonchev–Trinajstić information content (AvgIpc) is 3.10. The van der Waals surface area contributed by atoms with Gasteiger partial charge in [-0.15, -0.1) is 11.8 Å². The van der Waals surface area contributed by atoms with Gasteiger partial charge in [-0.2, -0.15) is 0 Å². The minimum absolute atomic E-state index is 0.0230. The summed E-state index contributed by atoms with van der Waals surface area (Å²) in [6.45, 7) is 1.39. The Labute approximate surface area is 276 Å². The number of thioether (sulfide) groups is 1. The molecule has 0 radical (unpaired) electrons. The molecule has 4 aromatic rings. The highest BCUT2D eigenvalue weighted by Crippen LogP contribution is 2.47. The Balaban J connectivity index is 1.30. The van der Waals surface area contributed by atoms with Crippen molar-refractivity contribution >= 4 is 41.2 Å². The number of methoxy groups -OCH3 is 1. The third-order valence-electron chi connectivity index (χ3n) is 7.96. The summed E-state index contributed by atoms with van der Waals surface area (Å²) in [6.07, 6.45) is 0.667. The first-order valence-corrected chi connectivity index (χ1v) is 15.9. The van der Waals surface area contributed by atoms with E-state index in [0.29, 0.717) is 11.4 Å². The van der Waals surface area contributed by atoms with Crippen molar-refractivity contribution in [3.63, 3.8) is 0 Å². The Bertz CT molecular complexity index is 1740. The van der Waals surface area contributed by atoms with Crippen LogP contribution in [0.4, 0.5) is 5.69 Å². The van der Waals surface area contributed by atoms with E-state index < -0.39 is 40.6 Å². The molecule has 4 aromatic carbocycles. The first-order chi connectivity index (χ1) is 22.9. The number of carbonyl (C=O) groups is 4. The molecule has 2 unspecified atom stereocenters. The molecule has 1 fully saturated rings. The van der Waals surface area contributed by atoms with Gasteiger partial charge in [-0.3, -0.25) is 19.3 Å². The Hall–Kier alpha value is -5.35. The highest BCUT2D eigenvalue weighted by atomic mass is 32.2. The minimum atomic E-state index is -1.11. The summed E-state index contributed by atoms with van der Waals surface area (Å²) in [5.74, 6) is -2.64. The third kappa shape index (κ3) is 6.64. The molecule has 2 heterocycles. The number of rotatable bonds is 10. The maximum absolute atomic E-state index is 14.1. The predicted octanol–water partition coefficient (Wildman–Crippen LogP) is 5.87. The Morgan fingerprint density at radius 2 is 1.40 bits per heavy atom. The highest BCUT2D eigenvalue weighted by molar-refractivity contribution is 8.01. The van der Waals surface area contributed by atoms with E-state index in [1.165, 1.54) is 22.9 Å². The number of hydrogen-bond donors (Lipinski definition) is 0. The van der Waals surface area contributed by atoms with E-state index in [4.69, 9.17) is 14.2 Å². The zero-order valence-corrected chi connectivity index (χ0v) is 26.5. The van der Waals surface area contributed by atoms with Crippen molar-refractivity contribution in [3.8, 4) is 5.75 Å². The van der Waals surface area contributed by atoms with E-state index in [2.05, 4.69) is 0 Å². The quantitative estimate of drug-likeness (QED) is 0.120. The highest BCUT2D eigenvalue weighted by Gasteiger charge is 2.57. The fourth-order valence-electron chi connectivity index (χ4n) is 5.55. The minimum Gasteiger partial charge on any atom is -0.497 e. The molecule has 1 saturated heterocycles. The van der Waals surface area contributed by atoms with E-state index in [9.17, 15) is 19.2 Å². The Kier molecular flexibility index (Phi) is 9.40. The topological polar surface area (TPSA) is 102 Å². The summed E-state index contributed by atoms with van der Waals surface area (Å²) in [6, 6.07) is 34.7. The molecular weight excluding hydrogens is 616 g/mol. The first-order valence-electron chi connectivity index (χ1n) is 15.0. The number of benzene rings is 4. The molecule has 2 aliphatic heterocycles. The van der Waals surface area contributed by atoms with Gasteiger partial charge in [0.2, 0.25) is 11.8 Å². The van der Waals surface area contributed by atoms with Gasteiger partial charge in [0.15, 0.2) is 12.0 Å². The number of anilines is 1. The lowest BCUT2D eigenvalue weighted by Gasteiger charge is -2.49. The monoisotopic (exact) mass is 648 g/mol. The molecule has 47 heavy (non-hydrogen) atoms. The van der Waals surface area contributed by atoms with Gasteiger partial charge >= 0.3 is 11.9 Å². The molecule has 6 rings (SSSR count). The van der Waals surface area contributed by atoms with Crippen LogP contribution in [0.1, 0.15) is 29.7 Å². The summed E-state index contributed by atoms with van der Waals surface area (Å²) in [5.41, 5.74) is 2.91. The van der Waals surface area contributed by atoms with Crippen molar-refractivity contribution in [2.45, 2.75) is 30.4 Å². The van der Waals surface area contributed by atoms with E-state index in [-0.39, 0.29) is 18.1 Å². The van der Waals surface area contributed by atoms with Crippen LogP contribution < -0.4 is 9.64 Å². The lowest BCUT2D eigenvalue weighted by Crippen LogP contribution is -2.63. The van der Waals surface area contributed by atoms with E-state index in [1.807, 2.05) is 66.7 Å². The Morgan fingerprint density at radius 3 is 1.96 bits per heavy atom. The second-order valence-corrected chi connectivity index (χ2v) is 12.2. The van der Waals surface area contributed by atoms with E-state index in [0.717, 1.165) is 28.5 Å². The number of esters is 2. The Morgan fingerprint density at radius 1 is 0.830 bits per heavy atom. The largest absolute Gasteiger partial charge is 0.497 e. The summed E-state index contributed by atoms with van der Waals surface area (Å²) >= 11 is 1.16. The van der Waals surface area contributed by atoms with Crippen molar-refractivity contribution in [2.24, 2.45) is 5.92 Å². The van der Waals surface area contributed by atoms with E-state index in [1.54, 1.807) is 55.6 Å². The third-order valence-corrected chi connectivity index (χ3v) is 9.46. The van der Waals surface area contributed by atoms with Gasteiger partial charge in [0.05, 0.1) is 12.7 Å². The molecule has 238 valence electrons. The van der Waals surface area contributed by atoms with Crippen LogP contribution in [-0.2, 0) is 35.3 Å². The standard InChI is InChI=1S/C37H32N2O7S/c1-24(40)39(28-16-10-5-11-17-28)34-30(36(42)46-32(26-12-6-3-7-13-26)27-14-8-4-9-15-27)22-38-33(41)31(35(38)47-34)37(43)45-23-25-18-20-29(44-2)21-19-25/h3-22,31-32,34-35H,23H2,1-2H3/t31?,34?,35-/m1/s1. The van der Waals surface area contributed by atoms with Crippen molar-refractivity contribution in [1.82, 2.24) is 4.90 Å². The van der Waals surface area contributed by atoms with Crippen LogP contribution in [-0.4, -0.2) is 46.5 Å². The predicted molar refractivity (Wildman–Crippen MR) is 177 cm³/mol. The lowest BCUT2D eigenvalue weighted by molar-refractivity contribution is -0.166. The van der Waals surface area contributed by atoms with Gasteiger partial charge in [-0.05, 0) is 41.0 Å². The number of ether oxygens (including phenoxy) is 3. The number of fused-ring (bicyclic) bond motifs is 1. The number of amides is 2. The number of para-hydroxylation sites is 1. The molecule has 2 amide bonds. The molecule has 0 spiro atoms. The molecular formula is C37H32N2O7S. The van der Waals surface area contributed by atoms with E-state index >= 15 is 0 Å². The second kappa shape index (κ2) is 14.0. The van der Waals surface area contributed by atoms with Crippen molar-refractivity contribution < 1.29 is 33.4 Å². The van der Waals surface area contributed by atoms with Crippen LogP contribution in [0.15, 0.2) is 127 Å². The number of carbonyl (C=O) groups excluding carboxylic acids is 4. The molecule has 10 heteroatoms. The van der Waals surface area contributed by atoms with Crippen LogP contribution in [0.2, 0.25) is 0 Å². The van der Waals surface area contributed by atoms with Gasteiger partial charge < -0.3 is 19.1 Å². The van der Waals surface area contributed by atoms with Crippen LogP contribution in [0.5, 0.6) is 5.75 Å². The van der Waals surface area contributed by atoms with Crippen LogP contribution in [0, 0.1) is 5.92 Å². The number of β-lactam (4-membered cyclic amide) rings is 1. The SMILES string of the molecule is COc1ccc(COC(=O)C2C(=O)N3C=C(C(=O)OC(c4ccccc4)c4ccccc4)C(N(C(C)=O)c4ccccc4)S[C@H]23)cc1. The molecule has 2 aliphatic rings. The van der Waals surface area contributed by atoms with Crippen LogP contribution in [0.3, 0.4) is 0 Å². The summed E-state index contributed by atoms with van der Waals surface area (Å²) in [4.78, 5) is 56.8. The maximum Gasteiger partial charge on any atom is 0.339 e. The molecule has 0 aromatic heterocycles. The zero-order valence-electron chi connectivity index (χ0n) is 25.7. The molecule has 0 N–H and O–H groups in total. The number of nitrogens with zero attached hydrogens (tertiary/aromatic N) is 2. The molecule has 0 bridgehead atoms. The molecule has 3 atom stereocenters. The molecule has 0 aliphatic carbocycles. The molecule has 0 saturated carbocycles. The van der Waals surface area contributed by atoms with Crippen molar-refractivity contribution in [3.05, 3.63) is 144 Å². The van der Waals surface area contributed by atoms with Crippen molar-refractivity contribution in [2.75, 3.05) is 12.0 Å². The summed E-state index contributed by atoms with van der Waals surface area (Å²) in [7, 11) is 1.56. The number of hydrogen-bond acceptors (Lipinski definition) is 8. The van der Waals surface area contributed by atoms with Gasteiger partial charge in [-0.1, -0.05) is 91.0 Å². The molecule has 9 nitrogen and oxygen atoms in total. The van der Waals surface area contributed by atoms with Gasteiger partial charge in [0, 0.05) is 18.8 Å². The average molecular weight is 649 g/mol. The summed E-state index contributed by atoms with van der Waals surface area (Å²) in [5, 5.41) is -1.60. The van der Waals surface area contributed by atoms with Crippen LogP contribution in [0.25, 0.3) is 0 Å². The second-order valence-electron chi connectivity index (χ2n) is 11.0. The maximum atomic E-state index is 14.1. The van der Waals surface area contributed by atoms with Crippen molar-refractivity contribution in [1.29, 1.82) is 0 Å². The van der Waals surface area contributed by atoms with Gasteiger partial charge in [-0.25, -0.2) is 4.79 Å². The fourth-order valence-corrected chi connectivity index (χ4v) is 7.19. The van der Waals surface area contributed by atoms with Crippen LogP contribution >= 0.6 is 11.8 Å². The smallest absolute Gasteiger partial charge is 0.339 e. The zero-order chi connectivity index (χ0) is 32.9. The van der Waals surface area contributed by atoms with Gasteiger partial charge in [0.1, 0.15) is 23.1 Å². The fraction of sp³-hybridized carbons (Fsp3) is 0.189.